The van der Waals surface area contributed by atoms with Gasteiger partial charge < -0.3 is 13.6 Å². The number of hydrogen-bond acceptors (Lipinski definition) is 3. The molecule has 0 spiro atoms. The van der Waals surface area contributed by atoms with Crippen molar-refractivity contribution >= 4 is 0 Å². The Morgan fingerprint density at radius 3 is 2.29 bits per heavy atom. The standard InChI is InChI=1S/C24H20NO3/c1-26-21-7-4-10-25-20-13-24(16-8-11-27-14-16,17-9-12-28-15-17)22(23(21)25)19-6-3-2-5-18(19)20/h2-12,14-15,20,22H,13H2,1H3/q+1/t20-,22+/m0/s1. The van der Waals surface area contributed by atoms with Gasteiger partial charge in [-0.1, -0.05) is 24.3 Å². The first kappa shape index (κ1) is 15.8. The van der Waals surface area contributed by atoms with E-state index >= 15 is 0 Å². The minimum atomic E-state index is -0.270. The van der Waals surface area contributed by atoms with Crippen molar-refractivity contribution in [2.24, 2.45) is 0 Å². The molecule has 0 saturated carbocycles. The molecule has 0 fully saturated rings. The number of ether oxygens (including phenoxy) is 1. The van der Waals surface area contributed by atoms with Crippen LogP contribution in [-0.2, 0) is 5.41 Å². The number of pyridine rings is 1. The monoisotopic (exact) mass is 370 g/mol. The largest absolute Gasteiger partial charge is 0.491 e. The number of rotatable bonds is 3. The highest BCUT2D eigenvalue weighted by Gasteiger charge is 2.61. The van der Waals surface area contributed by atoms with E-state index in [2.05, 4.69) is 59.3 Å². The van der Waals surface area contributed by atoms with Gasteiger partial charge in [0, 0.05) is 29.2 Å². The zero-order chi connectivity index (χ0) is 18.7. The van der Waals surface area contributed by atoms with Crippen LogP contribution in [0.5, 0.6) is 5.75 Å². The molecule has 5 heterocycles. The first-order valence-corrected chi connectivity index (χ1v) is 9.57. The second-order valence-electron chi connectivity index (χ2n) is 7.65. The Balaban J connectivity index is 1.74. The van der Waals surface area contributed by atoms with Crippen molar-refractivity contribution < 1.29 is 18.1 Å². The molecule has 2 aliphatic heterocycles. The van der Waals surface area contributed by atoms with E-state index in [1.54, 1.807) is 19.6 Å². The smallest absolute Gasteiger partial charge is 0.232 e. The van der Waals surface area contributed by atoms with E-state index in [0.29, 0.717) is 0 Å². The summed E-state index contributed by atoms with van der Waals surface area (Å²) in [6.45, 7) is 0. The van der Waals surface area contributed by atoms with Crippen LogP contribution in [0.25, 0.3) is 0 Å². The van der Waals surface area contributed by atoms with Crippen molar-refractivity contribution in [1.29, 1.82) is 0 Å². The summed E-state index contributed by atoms with van der Waals surface area (Å²) in [5.41, 5.74) is 6.04. The summed E-state index contributed by atoms with van der Waals surface area (Å²) in [7, 11) is 1.75. The molecule has 0 unspecified atom stereocenters. The highest BCUT2D eigenvalue weighted by molar-refractivity contribution is 5.55. The molecular formula is C24H20NO3+. The Bertz CT molecular complexity index is 1110. The molecule has 28 heavy (non-hydrogen) atoms. The third kappa shape index (κ3) is 1.82. The quantitative estimate of drug-likeness (QED) is 0.495. The Morgan fingerprint density at radius 2 is 1.64 bits per heavy atom. The summed E-state index contributed by atoms with van der Waals surface area (Å²) in [5, 5.41) is 0. The van der Waals surface area contributed by atoms with Crippen molar-refractivity contribution in [2.45, 2.75) is 23.8 Å². The summed E-state index contributed by atoms with van der Waals surface area (Å²) in [6.07, 6.45) is 10.4. The van der Waals surface area contributed by atoms with Gasteiger partial charge in [0.05, 0.1) is 43.5 Å². The van der Waals surface area contributed by atoms with E-state index in [9.17, 15) is 0 Å². The summed E-state index contributed by atoms with van der Waals surface area (Å²) < 4.78 is 19.4. The van der Waals surface area contributed by atoms with Gasteiger partial charge in [-0.2, -0.15) is 4.57 Å². The topological polar surface area (TPSA) is 39.4 Å². The molecule has 3 aliphatic rings. The van der Waals surface area contributed by atoms with E-state index in [1.807, 2.05) is 12.5 Å². The molecule has 4 heteroatoms. The third-order valence-electron chi connectivity index (χ3n) is 6.60. The normalized spacial score (nSPS) is 21.2. The molecule has 0 N–H and O–H groups in total. The van der Waals surface area contributed by atoms with Crippen LogP contribution in [0, 0.1) is 0 Å². The molecule has 1 aliphatic carbocycles. The molecule has 3 aromatic heterocycles. The van der Waals surface area contributed by atoms with Gasteiger partial charge in [-0.25, -0.2) is 0 Å². The van der Waals surface area contributed by atoms with E-state index in [0.717, 1.165) is 12.2 Å². The maximum Gasteiger partial charge on any atom is 0.232 e. The van der Waals surface area contributed by atoms with Crippen molar-refractivity contribution in [3.8, 4) is 5.75 Å². The lowest BCUT2D eigenvalue weighted by atomic mass is 9.54. The number of aromatic nitrogens is 1. The fraction of sp³-hybridized carbons (Fsp3) is 0.208. The molecule has 0 amide bonds. The molecule has 2 bridgehead atoms. The lowest BCUT2D eigenvalue weighted by molar-refractivity contribution is -0.732. The van der Waals surface area contributed by atoms with Crippen LogP contribution in [0.1, 0.15) is 46.3 Å². The van der Waals surface area contributed by atoms with Gasteiger partial charge in [0.15, 0.2) is 18.0 Å². The molecule has 7 rings (SSSR count). The van der Waals surface area contributed by atoms with Crippen LogP contribution in [0.4, 0.5) is 0 Å². The van der Waals surface area contributed by atoms with Crippen molar-refractivity contribution in [3.05, 3.63) is 108 Å². The lowest BCUT2D eigenvalue weighted by Gasteiger charge is -2.48. The Labute approximate surface area is 163 Å². The number of benzene rings is 1. The molecule has 0 saturated heterocycles. The number of nitrogens with zero attached hydrogens (tertiary/aromatic N) is 1. The summed E-state index contributed by atoms with van der Waals surface area (Å²) in [6, 6.07) is 17.3. The molecular weight excluding hydrogens is 350 g/mol. The minimum Gasteiger partial charge on any atom is -0.491 e. The average Bonchev–Trinajstić information content (AvgIpc) is 3.48. The van der Waals surface area contributed by atoms with Crippen LogP contribution in [0.15, 0.2) is 88.6 Å². The molecule has 138 valence electrons. The number of furan rings is 2. The fourth-order valence-corrected chi connectivity index (χ4v) is 5.53. The number of hydrogen-bond donors (Lipinski definition) is 0. The second-order valence-corrected chi connectivity index (χ2v) is 7.65. The molecule has 1 aromatic carbocycles. The van der Waals surface area contributed by atoms with Gasteiger partial charge in [-0.05, 0) is 23.8 Å². The van der Waals surface area contributed by atoms with Gasteiger partial charge in [-0.15, -0.1) is 0 Å². The first-order valence-electron chi connectivity index (χ1n) is 9.57. The first-order chi connectivity index (χ1) is 13.8. The van der Waals surface area contributed by atoms with Gasteiger partial charge in [0.2, 0.25) is 5.69 Å². The predicted octanol–water partition coefficient (Wildman–Crippen LogP) is 4.59. The van der Waals surface area contributed by atoms with Crippen molar-refractivity contribution in [1.82, 2.24) is 0 Å². The summed E-state index contributed by atoms with van der Waals surface area (Å²) in [5.74, 6) is 1.02. The predicted molar refractivity (Wildman–Crippen MR) is 102 cm³/mol. The van der Waals surface area contributed by atoms with Gasteiger partial charge in [-0.3, -0.25) is 0 Å². The van der Waals surface area contributed by atoms with Gasteiger partial charge in [0.25, 0.3) is 0 Å². The highest BCUT2D eigenvalue weighted by atomic mass is 16.5. The maximum absolute atomic E-state index is 5.84. The Hall–Kier alpha value is -3.27. The van der Waals surface area contributed by atoms with Crippen LogP contribution in [-0.4, -0.2) is 7.11 Å². The van der Waals surface area contributed by atoms with Gasteiger partial charge >= 0.3 is 0 Å². The number of methoxy groups -OCH3 is 1. The van der Waals surface area contributed by atoms with Crippen LogP contribution in [0.3, 0.4) is 0 Å². The average molecular weight is 370 g/mol. The lowest BCUT2D eigenvalue weighted by Crippen LogP contribution is -2.60. The molecule has 4 aromatic rings. The minimum absolute atomic E-state index is 0.0973. The SMILES string of the molecule is COc1ccc[n+]2c1[C@H]1c3ccccc3[C@@H]2CC1(c1ccoc1)c1ccoc1. The van der Waals surface area contributed by atoms with Gasteiger partial charge in [0.1, 0.15) is 0 Å². The van der Waals surface area contributed by atoms with Crippen LogP contribution in [0.2, 0.25) is 0 Å². The molecule has 4 nitrogen and oxygen atoms in total. The third-order valence-corrected chi connectivity index (χ3v) is 6.60. The molecule has 0 radical (unpaired) electrons. The zero-order valence-corrected chi connectivity index (χ0v) is 15.5. The Kier molecular flexibility index (Phi) is 3.16. The maximum atomic E-state index is 5.84. The Morgan fingerprint density at radius 1 is 0.929 bits per heavy atom. The second kappa shape index (κ2) is 5.61. The van der Waals surface area contributed by atoms with E-state index in [4.69, 9.17) is 13.6 Å². The summed E-state index contributed by atoms with van der Waals surface area (Å²) in [4.78, 5) is 0. The van der Waals surface area contributed by atoms with E-state index < -0.39 is 0 Å². The zero-order valence-electron chi connectivity index (χ0n) is 15.5. The van der Waals surface area contributed by atoms with E-state index in [1.165, 1.54) is 27.9 Å². The highest BCUT2D eigenvalue weighted by Crippen LogP contribution is 2.60. The van der Waals surface area contributed by atoms with Crippen molar-refractivity contribution in [2.75, 3.05) is 7.11 Å². The fourth-order valence-electron chi connectivity index (χ4n) is 5.53. The van der Waals surface area contributed by atoms with Crippen molar-refractivity contribution in [3.63, 3.8) is 0 Å². The van der Waals surface area contributed by atoms with Crippen LogP contribution < -0.4 is 9.30 Å². The number of fused-ring (bicyclic) bond motifs is 1. The van der Waals surface area contributed by atoms with E-state index in [-0.39, 0.29) is 17.4 Å². The molecule has 2 atom stereocenters. The summed E-state index contributed by atoms with van der Waals surface area (Å²) >= 11 is 0. The van der Waals surface area contributed by atoms with Crippen LogP contribution >= 0.6 is 0 Å².